The molecule has 1 aromatic heterocycles. The summed E-state index contributed by atoms with van der Waals surface area (Å²) in [5, 5.41) is 8.35. The summed E-state index contributed by atoms with van der Waals surface area (Å²) in [7, 11) is 0. The van der Waals surface area contributed by atoms with Gasteiger partial charge in [0, 0.05) is 29.4 Å². The van der Waals surface area contributed by atoms with Crippen LogP contribution >= 0.6 is 11.3 Å². The number of benzene rings is 1. The second-order valence-electron chi connectivity index (χ2n) is 6.04. The molecular formula is C16H20FN3OS. The van der Waals surface area contributed by atoms with Crippen LogP contribution in [0.5, 0.6) is 0 Å². The van der Waals surface area contributed by atoms with Gasteiger partial charge in [0.2, 0.25) is 0 Å². The second-order valence-corrected chi connectivity index (χ2v) is 6.89. The van der Waals surface area contributed by atoms with E-state index in [2.05, 4.69) is 15.6 Å². The highest BCUT2D eigenvalue weighted by Crippen LogP contribution is 2.24. The number of urea groups is 1. The molecule has 0 saturated carbocycles. The lowest BCUT2D eigenvalue weighted by molar-refractivity contribution is 0.232. The Labute approximate surface area is 133 Å². The van der Waals surface area contributed by atoms with Gasteiger partial charge in [-0.3, -0.25) is 0 Å². The van der Waals surface area contributed by atoms with Crippen LogP contribution in [0.2, 0.25) is 0 Å². The largest absolute Gasteiger partial charge is 0.338 e. The van der Waals surface area contributed by atoms with E-state index in [0.717, 1.165) is 16.3 Å². The molecule has 0 aliphatic rings. The Balaban J connectivity index is 1.87. The van der Waals surface area contributed by atoms with E-state index in [4.69, 9.17) is 0 Å². The monoisotopic (exact) mass is 321 g/mol. The van der Waals surface area contributed by atoms with E-state index in [9.17, 15) is 9.18 Å². The standard InChI is InChI=1S/C16H20FN3OS/c1-16(2,3)20-15(21)18-8-7-13-10-22-14(19-13)11-5-4-6-12(17)9-11/h4-6,9-10H,7-8H2,1-3H3,(H2,18,20,21). The summed E-state index contributed by atoms with van der Waals surface area (Å²) in [4.78, 5) is 16.1. The van der Waals surface area contributed by atoms with Crippen molar-refractivity contribution in [1.82, 2.24) is 15.6 Å². The number of carbonyl (C=O) groups is 1. The molecule has 0 aliphatic heterocycles. The van der Waals surface area contributed by atoms with Crippen molar-refractivity contribution >= 4 is 17.4 Å². The van der Waals surface area contributed by atoms with Crippen LogP contribution in [0.3, 0.4) is 0 Å². The highest BCUT2D eigenvalue weighted by Gasteiger charge is 2.13. The summed E-state index contributed by atoms with van der Waals surface area (Å²) < 4.78 is 13.2. The molecule has 0 unspecified atom stereocenters. The number of nitrogens with zero attached hydrogens (tertiary/aromatic N) is 1. The zero-order chi connectivity index (χ0) is 16.2. The maximum absolute atomic E-state index is 13.2. The van der Waals surface area contributed by atoms with Crippen molar-refractivity contribution in [2.45, 2.75) is 32.7 Å². The Morgan fingerprint density at radius 1 is 1.36 bits per heavy atom. The molecular weight excluding hydrogens is 301 g/mol. The molecule has 1 aromatic carbocycles. The highest BCUT2D eigenvalue weighted by atomic mass is 32.1. The number of halogens is 1. The van der Waals surface area contributed by atoms with Gasteiger partial charge in [0.05, 0.1) is 5.69 Å². The molecule has 0 bridgehead atoms. The van der Waals surface area contributed by atoms with Crippen LogP contribution in [0.1, 0.15) is 26.5 Å². The Bertz CT molecular complexity index is 649. The fourth-order valence-corrected chi connectivity index (χ4v) is 2.72. The minimum atomic E-state index is -0.269. The van der Waals surface area contributed by atoms with Crippen molar-refractivity contribution in [2.24, 2.45) is 0 Å². The number of thiazole rings is 1. The van der Waals surface area contributed by atoms with E-state index >= 15 is 0 Å². The fraction of sp³-hybridized carbons (Fsp3) is 0.375. The first-order chi connectivity index (χ1) is 10.3. The van der Waals surface area contributed by atoms with Crippen LogP contribution in [0, 0.1) is 5.82 Å². The van der Waals surface area contributed by atoms with Crippen LogP contribution in [0.15, 0.2) is 29.6 Å². The third kappa shape index (κ3) is 5.11. The van der Waals surface area contributed by atoms with Crippen LogP contribution in [-0.4, -0.2) is 23.1 Å². The smallest absolute Gasteiger partial charge is 0.315 e. The molecule has 22 heavy (non-hydrogen) atoms. The van der Waals surface area contributed by atoms with E-state index in [1.54, 1.807) is 6.07 Å². The molecule has 0 radical (unpaired) electrons. The molecule has 6 heteroatoms. The number of aromatic nitrogens is 1. The first kappa shape index (κ1) is 16.4. The van der Waals surface area contributed by atoms with Gasteiger partial charge in [0.25, 0.3) is 0 Å². The molecule has 2 N–H and O–H groups in total. The maximum atomic E-state index is 13.2. The average molecular weight is 321 g/mol. The van der Waals surface area contributed by atoms with Gasteiger partial charge < -0.3 is 10.6 Å². The molecule has 0 atom stereocenters. The van der Waals surface area contributed by atoms with E-state index in [1.165, 1.54) is 23.5 Å². The number of nitrogens with one attached hydrogen (secondary N) is 2. The van der Waals surface area contributed by atoms with E-state index in [0.29, 0.717) is 13.0 Å². The van der Waals surface area contributed by atoms with Crippen LogP contribution < -0.4 is 10.6 Å². The van der Waals surface area contributed by atoms with Crippen LogP contribution in [0.25, 0.3) is 10.6 Å². The van der Waals surface area contributed by atoms with E-state index in [-0.39, 0.29) is 17.4 Å². The van der Waals surface area contributed by atoms with Gasteiger partial charge in [-0.05, 0) is 32.9 Å². The van der Waals surface area contributed by atoms with Crippen LogP contribution in [-0.2, 0) is 6.42 Å². The van der Waals surface area contributed by atoms with E-state index < -0.39 is 0 Å². The summed E-state index contributed by atoms with van der Waals surface area (Å²) in [6.07, 6.45) is 0.642. The Morgan fingerprint density at radius 3 is 2.82 bits per heavy atom. The molecule has 0 aliphatic carbocycles. The predicted octanol–water partition coefficient (Wildman–Crippen LogP) is 3.59. The van der Waals surface area contributed by atoms with Crippen molar-refractivity contribution in [1.29, 1.82) is 0 Å². The minimum absolute atomic E-state index is 0.187. The molecule has 2 aromatic rings. The number of hydrogen-bond acceptors (Lipinski definition) is 3. The van der Waals surface area contributed by atoms with Crippen molar-refractivity contribution < 1.29 is 9.18 Å². The minimum Gasteiger partial charge on any atom is -0.338 e. The maximum Gasteiger partial charge on any atom is 0.315 e. The first-order valence-electron chi connectivity index (χ1n) is 7.10. The number of carbonyl (C=O) groups excluding carboxylic acids is 1. The number of rotatable bonds is 4. The third-order valence-electron chi connectivity index (χ3n) is 2.78. The van der Waals surface area contributed by atoms with Gasteiger partial charge in [-0.1, -0.05) is 12.1 Å². The second kappa shape index (κ2) is 6.87. The predicted molar refractivity (Wildman–Crippen MR) is 87.5 cm³/mol. The number of amides is 2. The van der Waals surface area contributed by atoms with Gasteiger partial charge in [0.1, 0.15) is 10.8 Å². The summed E-state index contributed by atoms with van der Waals surface area (Å²) in [6.45, 7) is 6.29. The molecule has 0 spiro atoms. The van der Waals surface area contributed by atoms with Gasteiger partial charge in [-0.15, -0.1) is 11.3 Å². The van der Waals surface area contributed by atoms with E-state index in [1.807, 2.05) is 32.2 Å². The van der Waals surface area contributed by atoms with Gasteiger partial charge in [-0.25, -0.2) is 14.2 Å². The van der Waals surface area contributed by atoms with Crippen molar-refractivity contribution in [3.63, 3.8) is 0 Å². The SMILES string of the molecule is CC(C)(C)NC(=O)NCCc1csc(-c2cccc(F)c2)n1. The summed E-state index contributed by atoms with van der Waals surface area (Å²) in [6, 6.07) is 6.20. The van der Waals surface area contributed by atoms with Crippen molar-refractivity contribution in [3.8, 4) is 10.6 Å². The summed E-state index contributed by atoms with van der Waals surface area (Å²) >= 11 is 1.47. The molecule has 118 valence electrons. The normalized spacial score (nSPS) is 11.3. The van der Waals surface area contributed by atoms with Crippen molar-refractivity contribution in [2.75, 3.05) is 6.54 Å². The van der Waals surface area contributed by atoms with Gasteiger partial charge in [0.15, 0.2) is 0 Å². The Hall–Kier alpha value is -1.95. The molecule has 2 amide bonds. The molecule has 0 saturated heterocycles. The Morgan fingerprint density at radius 2 is 2.14 bits per heavy atom. The molecule has 4 nitrogen and oxygen atoms in total. The first-order valence-corrected chi connectivity index (χ1v) is 7.98. The molecule has 2 rings (SSSR count). The lowest BCUT2D eigenvalue weighted by Crippen LogP contribution is -2.46. The van der Waals surface area contributed by atoms with Gasteiger partial charge in [-0.2, -0.15) is 0 Å². The zero-order valence-corrected chi connectivity index (χ0v) is 13.8. The highest BCUT2D eigenvalue weighted by molar-refractivity contribution is 7.13. The fourth-order valence-electron chi connectivity index (χ4n) is 1.86. The lowest BCUT2D eigenvalue weighted by Gasteiger charge is -2.20. The average Bonchev–Trinajstić information content (AvgIpc) is 2.85. The topological polar surface area (TPSA) is 54.0 Å². The van der Waals surface area contributed by atoms with Crippen molar-refractivity contribution in [3.05, 3.63) is 41.2 Å². The summed E-state index contributed by atoms with van der Waals surface area (Å²) in [5.41, 5.74) is 1.41. The number of hydrogen-bond donors (Lipinski definition) is 2. The Kier molecular flexibility index (Phi) is 5.13. The lowest BCUT2D eigenvalue weighted by atomic mass is 10.1. The summed E-state index contributed by atoms with van der Waals surface area (Å²) in [5.74, 6) is -0.269. The molecule has 1 heterocycles. The quantitative estimate of drug-likeness (QED) is 0.904. The zero-order valence-electron chi connectivity index (χ0n) is 12.9. The molecule has 0 fully saturated rings. The van der Waals surface area contributed by atoms with Gasteiger partial charge >= 0.3 is 6.03 Å². The third-order valence-corrected chi connectivity index (χ3v) is 3.72. The van der Waals surface area contributed by atoms with Crippen LogP contribution in [0.4, 0.5) is 9.18 Å².